The van der Waals surface area contributed by atoms with Gasteiger partial charge in [0.2, 0.25) is 0 Å². The lowest BCUT2D eigenvalue weighted by Gasteiger charge is -2.22. The largest absolute Gasteiger partial charge is 0.466 e. The quantitative estimate of drug-likeness (QED) is 0.571. The summed E-state index contributed by atoms with van der Waals surface area (Å²) in [6.45, 7) is 2.74. The van der Waals surface area contributed by atoms with Crippen molar-refractivity contribution in [1.29, 1.82) is 0 Å². The maximum atomic E-state index is 10.9. The first-order valence-electron chi connectivity index (χ1n) is 5.71. The maximum Gasteiger partial charge on any atom is 0.330 e. The summed E-state index contributed by atoms with van der Waals surface area (Å²) in [4.78, 5) is 10.9. The van der Waals surface area contributed by atoms with Crippen molar-refractivity contribution in [3.05, 3.63) is 11.6 Å². The average molecular weight is 211 g/mol. The van der Waals surface area contributed by atoms with Crippen molar-refractivity contribution in [3.8, 4) is 0 Å². The minimum absolute atomic E-state index is 0.266. The first-order valence-corrected chi connectivity index (χ1v) is 5.71. The number of ether oxygens (including phenoxy) is 1. The van der Waals surface area contributed by atoms with Gasteiger partial charge in [-0.3, -0.25) is 0 Å². The summed E-state index contributed by atoms with van der Waals surface area (Å²) in [5, 5.41) is 3.47. The molecular weight excluding hydrogens is 190 g/mol. The van der Waals surface area contributed by atoms with Gasteiger partial charge in [-0.15, -0.1) is 0 Å². The van der Waals surface area contributed by atoms with Crippen LogP contribution in [0.25, 0.3) is 0 Å². The van der Waals surface area contributed by atoms with Crippen LogP contribution in [-0.4, -0.2) is 25.7 Å². The molecule has 1 rings (SSSR count). The highest BCUT2D eigenvalue weighted by Crippen LogP contribution is 2.17. The molecule has 0 amide bonds. The average Bonchev–Trinajstić information content (AvgIpc) is 2.27. The van der Waals surface area contributed by atoms with Gasteiger partial charge < -0.3 is 10.1 Å². The molecule has 1 fully saturated rings. The summed E-state index contributed by atoms with van der Waals surface area (Å²) in [5.41, 5.74) is 1.03. The Bertz CT molecular complexity index is 230. The number of nitrogens with one attached hydrogen (secondary N) is 1. The van der Waals surface area contributed by atoms with Gasteiger partial charge in [0.25, 0.3) is 0 Å². The zero-order chi connectivity index (χ0) is 11.1. The van der Waals surface area contributed by atoms with Gasteiger partial charge >= 0.3 is 5.97 Å². The molecule has 0 heterocycles. The normalized spacial score (nSPS) is 18.9. The molecule has 0 aromatic rings. The van der Waals surface area contributed by atoms with Crippen molar-refractivity contribution >= 4 is 5.97 Å². The van der Waals surface area contributed by atoms with Gasteiger partial charge in [-0.25, -0.2) is 4.79 Å². The Kier molecular flexibility index (Phi) is 5.40. The molecule has 1 aliphatic rings. The van der Waals surface area contributed by atoms with Gasteiger partial charge in [-0.1, -0.05) is 24.8 Å². The van der Waals surface area contributed by atoms with E-state index in [9.17, 15) is 4.79 Å². The number of rotatable bonds is 4. The van der Waals surface area contributed by atoms with Crippen LogP contribution in [0.15, 0.2) is 11.6 Å². The number of carbonyl (C=O) groups excluding carboxylic acids is 1. The van der Waals surface area contributed by atoms with E-state index in [-0.39, 0.29) is 5.97 Å². The molecule has 3 heteroatoms. The second kappa shape index (κ2) is 6.62. The number of esters is 1. The van der Waals surface area contributed by atoms with E-state index in [1.165, 1.54) is 39.2 Å². The van der Waals surface area contributed by atoms with E-state index in [1.807, 2.05) is 6.92 Å². The topological polar surface area (TPSA) is 38.3 Å². The molecule has 1 N–H and O–H groups in total. The first-order chi connectivity index (χ1) is 7.22. The van der Waals surface area contributed by atoms with E-state index in [0.29, 0.717) is 6.04 Å². The lowest BCUT2D eigenvalue weighted by molar-refractivity contribution is -0.134. The fraction of sp³-hybridized carbons (Fsp3) is 0.750. The second-order valence-corrected chi connectivity index (χ2v) is 4.23. The van der Waals surface area contributed by atoms with E-state index in [0.717, 1.165) is 12.1 Å². The van der Waals surface area contributed by atoms with Crippen LogP contribution in [0.5, 0.6) is 0 Å². The molecule has 0 atom stereocenters. The van der Waals surface area contributed by atoms with Gasteiger partial charge in [-0.2, -0.15) is 0 Å². The van der Waals surface area contributed by atoms with E-state index < -0.39 is 0 Å². The van der Waals surface area contributed by atoms with Crippen LogP contribution in [0.4, 0.5) is 0 Å². The SMILES string of the molecule is COC(=O)/C=C(\C)CNC1CCCCC1. The molecule has 86 valence electrons. The van der Waals surface area contributed by atoms with Crippen LogP contribution in [0, 0.1) is 0 Å². The van der Waals surface area contributed by atoms with Crippen LogP contribution < -0.4 is 5.32 Å². The molecule has 1 saturated carbocycles. The molecule has 0 bridgehead atoms. The highest BCUT2D eigenvalue weighted by Gasteiger charge is 2.12. The van der Waals surface area contributed by atoms with Gasteiger partial charge in [0.1, 0.15) is 0 Å². The Morgan fingerprint density at radius 2 is 2.07 bits per heavy atom. The predicted octanol–water partition coefficient (Wildman–Crippen LogP) is 2.03. The lowest BCUT2D eigenvalue weighted by Crippen LogP contribution is -2.32. The summed E-state index contributed by atoms with van der Waals surface area (Å²) in [6, 6.07) is 0.639. The molecule has 0 saturated heterocycles. The van der Waals surface area contributed by atoms with E-state index in [1.54, 1.807) is 6.08 Å². The van der Waals surface area contributed by atoms with Crippen molar-refractivity contribution < 1.29 is 9.53 Å². The summed E-state index contributed by atoms with van der Waals surface area (Å²) >= 11 is 0. The third kappa shape index (κ3) is 4.98. The maximum absolute atomic E-state index is 10.9. The fourth-order valence-electron chi connectivity index (χ4n) is 1.92. The third-order valence-electron chi connectivity index (χ3n) is 2.84. The molecule has 1 aliphatic carbocycles. The zero-order valence-corrected chi connectivity index (χ0v) is 9.71. The number of hydrogen-bond donors (Lipinski definition) is 1. The Morgan fingerprint density at radius 3 is 2.67 bits per heavy atom. The van der Waals surface area contributed by atoms with Gasteiger partial charge in [0, 0.05) is 18.7 Å². The van der Waals surface area contributed by atoms with Crippen molar-refractivity contribution in [3.63, 3.8) is 0 Å². The first kappa shape index (κ1) is 12.2. The van der Waals surface area contributed by atoms with E-state index in [4.69, 9.17) is 0 Å². The van der Waals surface area contributed by atoms with Crippen molar-refractivity contribution in [2.24, 2.45) is 0 Å². The lowest BCUT2D eigenvalue weighted by atomic mass is 9.95. The zero-order valence-electron chi connectivity index (χ0n) is 9.71. The minimum atomic E-state index is -0.266. The van der Waals surface area contributed by atoms with Crippen LogP contribution in [0.2, 0.25) is 0 Å². The summed E-state index contributed by atoms with van der Waals surface area (Å²) in [5.74, 6) is -0.266. The third-order valence-corrected chi connectivity index (χ3v) is 2.84. The Balaban J connectivity index is 2.23. The Morgan fingerprint density at radius 1 is 1.40 bits per heavy atom. The van der Waals surface area contributed by atoms with Crippen molar-refractivity contribution in [2.45, 2.75) is 45.1 Å². The van der Waals surface area contributed by atoms with Gasteiger partial charge in [0.05, 0.1) is 7.11 Å². The van der Waals surface area contributed by atoms with E-state index >= 15 is 0 Å². The smallest absolute Gasteiger partial charge is 0.330 e. The van der Waals surface area contributed by atoms with Crippen LogP contribution >= 0.6 is 0 Å². The molecule has 0 aromatic heterocycles. The summed E-state index contributed by atoms with van der Waals surface area (Å²) < 4.78 is 4.57. The molecule has 0 radical (unpaired) electrons. The second-order valence-electron chi connectivity index (χ2n) is 4.23. The Hall–Kier alpha value is -0.830. The molecule has 15 heavy (non-hydrogen) atoms. The number of methoxy groups -OCH3 is 1. The highest BCUT2D eigenvalue weighted by atomic mass is 16.5. The van der Waals surface area contributed by atoms with E-state index in [2.05, 4.69) is 10.1 Å². The number of hydrogen-bond acceptors (Lipinski definition) is 3. The van der Waals surface area contributed by atoms with Crippen molar-refractivity contribution in [1.82, 2.24) is 5.32 Å². The standard InChI is InChI=1S/C12H21NO2/c1-10(8-12(14)15-2)9-13-11-6-4-3-5-7-11/h8,11,13H,3-7,9H2,1-2H3/b10-8+. The predicted molar refractivity (Wildman–Crippen MR) is 60.6 cm³/mol. The van der Waals surface area contributed by atoms with Gasteiger partial charge in [-0.05, 0) is 19.8 Å². The fourth-order valence-corrected chi connectivity index (χ4v) is 1.92. The highest BCUT2D eigenvalue weighted by molar-refractivity contribution is 5.82. The van der Waals surface area contributed by atoms with Crippen LogP contribution in [0.3, 0.4) is 0 Å². The minimum Gasteiger partial charge on any atom is -0.466 e. The van der Waals surface area contributed by atoms with Crippen molar-refractivity contribution in [2.75, 3.05) is 13.7 Å². The molecule has 0 aromatic carbocycles. The summed E-state index contributed by atoms with van der Waals surface area (Å²) in [7, 11) is 1.40. The number of carbonyl (C=O) groups is 1. The van der Waals surface area contributed by atoms with Crippen LogP contribution in [-0.2, 0) is 9.53 Å². The Labute approximate surface area is 91.9 Å². The summed E-state index contributed by atoms with van der Waals surface area (Å²) in [6.07, 6.45) is 8.12. The van der Waals surface area contributed by atoms with Gasteiger partial charge in [0.15, 0.2) is 0 Å². The van der Waals surface area contributed by atoms with Crippen LogP contribution in [0.1, 0.15) is 39.0 Å². The molecule has 3 nitrogen and oxygen atoms in total. The monoisotopic (exact) mass is 211 g/mol. The molecule has 0 spiro atoms. The molecule has 0 unspecified atom stereocenters. The molecular formula is C12H21NO2. The molecule has 0 aliphatic heterocycles.